The first-order valence-electron chi connectivity index (χ1n) is 4.43. The summed E-state index contributed by atoms with van der Waals surface area (Å²) in [4.78, 5) is 10.9. The smallest absolute Gasteiger partial charge is 0.235 e. The van der Waals surface area contributed by atoms with E-state index in [0.29, 0.717) is 13.0 Å². The van der Waals surface area contributed by atoms with Crippen LogP contribution >= 0.6 is 0 Å². The number of nitrogens with one attached hydrogen (secondary N) is 2. The zero-order chi connectivity index (χ0) is 9.47. The first-order chi connectivity index (χ1) is 6.07. The van der Waals surface area contributed by atoms with E-state index in [1.54, 1.807) is 0 Å². The van der Waals surface area contributed by atoms with Gasteiger partial charge in [-0.2, -0.15) is 0 Å². The van der Waals surface area contributed by atoms with E-state index >= 15 is 0 Å². The molecule has 2 rings (SSSR count). The largest absolute Gasteiger partial charge is 0.348 e. The van der Waals surface area contributed by atoms with Crippen LogP contribution < -0.4 is 10.9 Å². The highest BCUT2D eigenvalue weighted by molar-refractivity contribution is 5.78. The lowest BCUT2D eigenvalue weighted by atomic mass is 10.1. The summed E-state index contributed by atoms with van der Waals surface area (Å²) in [6, 6.07) is 0.0364. The second-order valence-corrected chi connectivity index (χ2v) is 3.87. The Hall–Kier alpha value is -0.650. The van der Waals surface area contributed by atoms with Crippen molar-refractivity contribution in [1.29, 1.82) is 0 Å². The third-order valence-corrected chi connectivity index (χ3v) is 2.28. The van der Waals surface area contributed by atoms with Crippen LogP contribution in [0.15, 0.2) is 0 Å². The van der Waals surface area contributed by atoms with E-state index in [-0.39, 0.29) is 18.1 Å². The van der Waals surface area contributed by atoms with Crippen molar-refractivity contribution in [1.82, 2.24) is 10.9 Å². The number of hydrogen-bond acceptors (Lipinski definition) is 4. The molecule has 2 atom stereocenters. The van der Waals surface area contributed by atoms with Gasteiger partial charge in [-0.15, -0.1) is 0 Å². The highest BCUT2D eigenvalue weighted by Crippen LogP contribution is 2.25. The van der Waals surface area contributed by atoms with E-state index in [4.69, 9.17) is 9.47 Å². The van der Waals surface area contributed by atoms with Gasteiger partial charge in [0.15, 0.2) is 5.79 Å². The normalized spacial score (nSPS) is 37.8. The van der Waals surface area contributed by atoms with Crippen LogP contribution in [-0.4, -0.2) is 30.4 Å². The number of carbonyl (C=O) groups excluding carboxylic acids is 1. The van der Waals surface area contributed by atoms with Gasteiger partial charge in [-0.25, -0.2) is 5.43 Å². The van der Waals surface area contributed by atoms with Crippen molar-refractivity contribution in [2.24, 2.45) is 0 Å². The maximum Gasteiger partial charge on any atom is 0.235 e. The standard InChI is InChI=1S/C8H14N2O3/c1-8(2)12-4-6(13-8)5-3-7(11)10-9-5/h5-6,9H,3-4H2,1-2H3,(H,10,11)/t5-,6-/m1/s1. The van der Waals surface area contributed by atoms with Crippen molar-refractivity contribution >= 4 is 5.91 Å². The molecule has 2 saturated heterocycles. The zero-order valence-corrected chi connectivity index (χ0v) is 7.79. The average Bonchev–Trinajstić information content (AvgIpc) is 2.56. The van der Waals surface area contributed by atoms with Crippen LogP contribution in [0.3, 0.4) is 0 Å². The number of ether oxygens (including phenoxy) is 2. The van der Waals surface area contributed by atoms with Gasteiger partial charge in [-0.3, -0.25) is 10.2 Å². The summed E-state index contributed by atoms with van der Waals surface area (Å²) in [7, 11) is 0. The molecule has 2 fully saturated rings. The Morgan fingerprint density at radius 3 is 2.77 bits per heavy atom. The van der Waals surface area contributed by atoms with E-state index in [1.165, 1.54) is 0 Å². The monoisotopic (exact) mass is 186 g/mol. The lowest BCUT2D eigenvalue weighted by Crippen LogP contribution is -2.41. The van der Waals surface area contributed by atoms with Crippen LogP contribution in [0.1, 0.15) is 20.3 Å². The Balaban J connectivity index is 1.93. The lowest BCUT2D eigenvalue weighted by Gasteiger charge is -2.19. The summed E-state index contributed by atoms with van der Waals surface area (Å²) in [5.74, 6) is -0.504. The molecule has 0 aromatic carbocycles. The van der Waals surface area contributed by atoms with Crippen molar-refractivity contribution in [2.45, 2.75) is 38.2 Å². The number of hydrogen-bond donors (Lipinski definition) is 2. The molecular formula is C8H14N2O3. The molecule has 0 aromatic heterocycles. The summed E-state index contributed by atoms with van der Waals surface area (Å²) >= 11 is 0. The molecule has 0 unspecified atom stereocenters. The van der Waals surface area contributed by atoms with Crippen LogP contribution in [0.4, 0.5) is 0 Å². The fourth-order valence-corrected chi connectivity index (χ4v) is 1.61. The Morgan fingerprint density at radius 1 is 1.54 bits per heavy atom. The summed E-state index contributed by atoms with van der Waals surface area (Å²) in [6.45, 7) is 4.29. The minimum absolute atomic E-state index is 0.0123. The lowest BCUT2D eigenvalue weighted by molar-refractivity contribution is -0.141. The fraction of sp³-hybridized carbons (Fsp3) is 0.875. The van der Waals surface area contributed by atoms with E-state index in [2.05, 4.69) is 10.9 Å². The number of rotatable bonds is 1. The van der Waals surface area contributed by atoms with Gasteiger partial charge in [0.05, 0.1) is 12.6 Å². The Kier molecular flexibility index (Phi) is 2.02. The summed E-state index contributed by atoms with van der Waals surface area (Å²) in [5.41, 5.74) is 5.43. The number of carbonyl (C=O) groups is 1. The minimum atomic E-state index is -0.516. The van der Waals surface area contributed by atoms with Crippen molar-refractivity contribution in [3.63, 3.8) is 0 Å². The van der Waals surface area contributed by atoms with Crippen LogP contribution in [0.25, 0.3) is 0 Å². The van der Waals surface area contributed by atoms with E-state index in [1.807, 2.05) is 13.8 Å². The highest BCUT2D eigenvalue weighted by Gasteiger charge is 2.40. The molecule has 13 heavy (non-hydrogen) atoms. The number of amides is 1. The Morgan fingerprint density at radius 2 is 2.31 bits per heavy atom. The van der Waals surface area contributed by atoms with Gasteiger partial charge >= 0.3 is 0 Å². The van der Waals surface area contributed by atoms with E-state index in [0.717, 1.165) is 0 Å². The molecule has 5 heteroatoms. The van der Waals surface area contributed by atoms with Crippen LogP contribution in [0, 0.1) is 0 Å². The fourth-order valence-electron chi connectivity index (χ4n) is 1.61. The predicted molar refractivity (Wildman–Crippen MR) is 44.6 cm³/mol. The maximum atomic E-state index is 10.9. The zero-order valence-electron chi connectivity index (χ0n) is 7.79. The molecule has 0 spiro atoms. The van der Waals surface area contributed by atoms with E-state index in [9.17, 15) is 4.79 Å². The van der Waals surface area contributed by atoms with E-state index < -0.39 is 5.79 Å². The first kappa shape index (κ1) is 8.93. The molecule has 2 aliphatic heterocycles. The molecule has 2 aliphatic rings. The van der Waals surface area contributed by atoms with Crippen molar-refractivity contribution < 1.29 is 14.3 Å². The van der Waals surface area contributed by atoms with Gasteiger partial charge in [0.1, 0.15) is 6.10 Å². The van der Waals surface area contributed by atoms with Crippen LogP contribution in [-0.2, 0) is 14.3 Å². The molecule has 1 amide bonds. The van der Waals surface area contributed by atoms with Gasteiger partial charge in [0.2, 0.25) is 5.91 Å². The summed E-state index contributed by atoms with van der Waals surface area (Å²) in [6.07, 6.45) is 0.429. The average molecular weight is 186 g/mol. The van der Waals surface area contributed by atoms with Gasteiger partial charge in [-0.1, -0.05) is 0 Å². The van der Waals surface area contributed by atoms with Gasteiger partial charge in [-0.05, 0) is 13.8 Å². The van der Waals surface area contributed by atoms with Gasteiger partial charge in [0.25, 0.3) is 0 Å². The van der Waals surface area contributed by atoms with Gasteiger partial charge < -0.3 is 9.47 Å². The third kappa shape index (κ3) is 1.82. The summed E-state index contributed by atoms with van der Waals surface area (Å²) in [5, 5.41) is 0. The Labute approximate surface area is 76.7 Å². The maximum absolute atomic E-state index is 10.9. The predicted octanol–water partition coefficient (Wildman–Crippen LogP) is -0.469. The number of hydrazine groups is 1. The molecule has 0 radical (unpaired) electrons. The molecule has 0 aromatic rings. The van der Waals surface area contributed by atoms with Crippen molar-refractivity contribution in [3.05, 3.63) is 0 Å². The second kappa shape index (κ2) is 2.94. The first-order valence-corrected chi connectivity index (χ1v) is 4.43. The van der Waals surface area contributed by atoms with Crippen molar-refractivity contribution in [3.8, 4) is 0 Å². The SMILES string of the molecule is CC1(C)OC[C@H]([C@H]2CC(=O)NN2)O1. The van der Waals surface area contributed by atoms with Crippen LogP contribution in [0.5, 0.6) is 0 Å². The highest BCUT2D eigenvalue weighted by atomic mass is 16.7. The minimum Gasteiger partial charge on any atom is -0.348 e. The summed E-state index contributed by atoms with van der Waals surface area (Å²) < 4.78 is 11.0. The molecule has 74 valence electrons. The molecule has 2 N–H and O–H groups in total. The molecule has 2 heterocycles. The quantitative estimate of drug-likeness (QED) is 0.581. The molecular weight excluding hydrogens is 172 g/mol. The second-order valence-electron chi connectivity index (χ2n) is 3.87. The Bertz CT molecular complexity index is 229. The van der Waals surface area contributed by atoms with Crippen molar-refractivity contribution in [2.75, 3.05) is 6.61 Å². The molecule has 0 saturated carbocycles. The molecule has 0 bridgehead atoms. The molecule has 5 nitrogen and oxygen atoms in total. The van der Waals surface area contributed by atoms with Crippen LogP contribution in [0.2, 0.25) is 0 Å². The van der Waals surface area contributed by atoms with Gasteiger partial charge in [0, 0.05) is 6.42 Å². The third-order valence-electron chi connectivity index (χ3n) is 2.28. The molecule has 0 aliphatic carbocycles. The topological polar surface area (TPSA) is 59.6 Å².